The van der Waals surface area contributed by atoms with Crippen LogP contribution < -0.4 is 0 Å². The van der Waals surface area contributed by atoms with Crippen molar-refractivity contribution >= 4 is 23.9 Å². The Hall–Kier alpha value is -2.76. The van der Waals surface area contributed by atoms with E-state index < -0.39 is 23.9 Å². The first-order valence-corrected chi connectivity index (χ1v) is 9.70. The lowest BCUT2D eigenvalue weighted by atomic mass is 10.1. The topological polar surface area (TPSA) is 199 Å². The standard InChI is InChI=1S/2C8H12O4.C4H10O3/c2*1-2-3-4-6(8(11)12)5-7(9)10;5-1-3-7-4-2-6/h2*5H,2-4H2,1H3,(H,9,10)(H,11,12);5-6H,1-4H2. The molecular formula is C20H34O11. The van der Waals surface area contributed by atoms with Crippen LogP contribution in [0.1, 0.15) is 52.4 Å². The summed E-state index contributed by atoms with van der Waals surface area (Å²) in [5.41, 5.74) is -0.0753. The lowest BCUT2D eigenvalue weighted by Gasteiger charge is -1.97. The average Bonchev–Trinajstić information content (AvgIpc) is 2.69. The summed E-state index contributed by atoms with van der Waals surface area (Å²) in [5.74, 6) is -4.70. The summed E-state index contributed by atoms with van der Waals surface area (Å²) in [7, 11) is 0. The van der Waals surface area contributed by atoms with Crippen LogP contribution in [0, 0.1) is 0 Å². The Labute approximate surface area is 181 Å². The molecule has 0 radical (unpaired) electrons. The van der Waals surface area contributed by atoms with Gasteiger partial charge in [-0.1, -0.05) is 26.7 Å². The monoisotopic (exact) mass is 450 g/mol. The predicted octanol–water partition coefficient (Wildman–Crippen LogP) is 1.53. The van der Waals surface area contributed by atoms with E-state index in [2.05, 4.69) is 4.74 Å². The lowest BCUT2D eigenvalue weighted by Crippen LogP contribution is -2.03. The number of aliphatic hydroxyl groups is 2. The van der Waals surface area contributed by atoms with Crippen molar-refractivity contribution in [2.75, 3.05) is 26.4 Å². The van der Waals surface area contributed by atoms with E-state index in [1.54, 1.807) is 0 Å². The quantitative estimate of drug-likeness (QED) is 0.166. The number of aliphatic hydroxyl groups excluding tert-OH is 2. The highest BCUT2D eigenvalue weighted by atomic mass is 16.5. The SMILES string of the molecule is CCCCC(=CC(=O)O)C(=O)O.CCCCC(=CC(=O)O)C(=O)O.OCCOCCO. The van der Waals surface area contributed by atoms with Gasteiger partial charge in [-0.15, -0.1) is 0 Å². The lowest BCUT2D eigenvalue weighted by molar-refractivity contribution is -0.135. The normalized spacial score (nSPS) is 10.8. The molecule has 0 fully saturated rings. The molecule has 0 aliphatic rings. The van der Waals surface area contributed by atoms with Gasteiger partial charge in [-0.2, -0.15) is 0 Å². The van der Waals surface area contributed by atoms with Crippen molar-refractivity contribution < 1.29 is 54.6 Å². The number of hydrogen-bond donors (Lipinski definition) is 6. The minimum atomic E-state index is -1.21. The third kappa shape index (κ3) is 27.2. The van der Waals surface area contributed by atoms with Gasteiger partial charge >= 0.3 is 23.9 Å². The smallest absolute Gasteiger partial charge is 0.331 e. The average molecular weight is 450 g/mol. The summed E-state index contributed by atoms with van der Waals surface area (Å²) >= 11 is 0. The van der Waals surface area contributed by atoms with Crippen LogP contribution in [-0.4, -0.2) is 80.9 Å². The number of unbranched alkanes of at least 4 members (excludes halogenated alkanes) is 2. The molecule has 0 unspecified atom stereocenters. The molecule has 0 aromatic rings. The van der Waals surface area contributed by atoms with E-state index in [9.17, 15) is 19.2 Å². The third-order valence-corrected chi connectivity index (χ3v) is 3.22. The summed E-state index contributed by atoms with van der Waals surface area (Å²) in [6.45, 7) is 4.53. The van der Waals surface area contributed by atoms with E-state index >= 15 is 0 Å². The van der Waals surface area contributed by atoms with Crippen molar-refractivity contribution in [2.24, 2.45) is 0 Å². The molecule has 0 amide bonds. The fraction of sp³-hybridized carbons (Fsp3) is 0.600. The Morgan fingerprint density at radius 1 is 0.677 bits per heavy atom. The maximum Gasteiger partial charge on any atom is 0.331 e. The predicted molar refractivity (Wildman–Crippen MR) is 111 cm³/mol. The molecule has 11 nitrogen and oxygen atoms in total. The van der Waals surface area contributed by atoms with Gasteiger partial charge in [0.15, 0.2) is 0 Å². The number of carboxylic acid groups (broad SMARTS) is 4. The van der Waals surface area contributed by atoms with Crippen molar-refractivity contribution in [3.8, 4) is 0 Å². The van der Waals surface area contributed by atoms with E-state index in [1.807, 2.05) is 13.8 Å². The first-order chi connectivity index (χ1) is 14.6. The first kappa shape index (κ1) is 32.9. The number of ether oxygens (including phenoxy) is 1. The Morgan fingerprint density at radius 3 is 1.19 bits per heavy atom. The number of rotatable bonds is 14. The van der Waals surface area contributed by atoms with Gasteiger partial charge in [0, 0.05) is 23.3 Å². The third-order valence-electron chi connectivity index (χ3n) is 3.22. The van der Waals surface area contributed by atoms with Crippen molar-refractivity contribution in [3.63, 3.8) is 0 Å². The van der Waals surface area contributed by atoms with Crippen molar-refractivity contribution in [3.05, 3.63) is 23.3 Å². The van der Waals surface area contributed by atoms with Crippen molar-refractivity contribution in [2.45, 2.75) is 52.4 Å². The van der Waals surface area contributed by atoms with Crippen LogP contribution in [0.3, 0.4) is 0 Å². The second-order valence-electron chi connectivity index (χ2n) is 5.89. The Kier molecular flexibility index (Phi) is 25.0. The van der Waals surface area contributed by atoms with E-state index in [-0.39, 0.29) is 24.4 Å². The molecule has 0 aromatic heterocycles. The van der Waals surface area contributed by atoms with Crippen LogP contribution in [-0.2, 0) is 23.9 Å². The Morgan fingerprint density at radius 2 is 1.00 bits per heavy atom. The molecule has 0 bridgehead atoms. The van der Waals surface area contributed by atoms with Gasteiger partial charge in [-0.05, 0) is 25.7 Å². The van der Waals surface area contributed by atoms with Crippen molar-refractivity contribution in [1.82, 2.24) is 0 Å². The van der Waals surface area contributed by atoms with Crippen LogP contribution in [0.5, 0.6) is 0 Å². The van der Waals surface area contributed by atoms with Crippen LogP contribution in [0.15, 0.2) is 23.3 Å². The van der Waals surface area contributed by atoms with E-state index in [4.69, 9.17) is 30.6 Å². The largest absolute Gasteiger partial charge is 0.478 e. The van der Waals surface area contributed by atoms with Gasteiger partial charge in [-0.3, -0.25) is 0 Å². The van der Waals surface area contributed by atoms with E-state index in [0.29, 0.717) is 38.9 Å². The highest BCUT2D eigenvalue weighted by Gasteiger charge is 2.08. The van der Waals surface area contributed by atoms with Gasteiger partial charge in [0.25, 0.3) is 0 Å². The number of hydrogen-bond acceptors (Lipinski definition) is 7. The molecule has 31 heavy (non-hydrogen) atoms. The van der Waals surface area contributed by atoms with Crippen LogP contribution in [0.2, 0.25) is 0 Å². The molecule has 180 valence electrons. The Balaban J connectivity index is -0.000000394. The second-order valence-corrected chi connectivity index (χ2v) is 5.89. The van der Waals surface area contributed by atoms with Crippen LogP contribution in [0.4, 0.5) is 0 Å². The molecular weight excluding hydrogens is 416 g/mol. The zero-order valence-electron chi connectivity index (χ0n) is 18.0. The second kappa shape index (κ2) is 23.5. The zero-order chi connectivity index (χ0) is 24.7. The van der Waals surface area contributed by atoms with Gasteiger partial charge in [0.2, 0.25) is 0 Å². The molecule has 0 heterocycles. The summed E-state index contributed by atoms with van der Waals surface area (Å²) in [6.07, 6.45) is 5.23. The zero-order valence-corrected chi connectivity index (χ0v) is 18.0. The maximum atomic E-state index is 10.4. The molecule has 0 aliphatic carbocycles. The van der Waals surface area contributed by atoms with E-state index in [1.165, 1.54) is 0 Å². The van der Waals surface area contributed by atoms with Gasteiger partial charge < -0.3 is 35.4 Å². The van der Waals surface area contributed by atoms with Crippen LogP contribution in [0.25, 0.3) is 0 Å². The Bertz CT molecular complexity index is 530. The van der Waals surface area contributed by atoms with E-state index in [0.717, 1.165) is 25.0 Å². The molecule has 6 N–H and O–H groups in total. The maximum absolute atomic E-state index is 10.4. The first-order valence-electron chi connectivity index (χ1n) is 9.70. The molecule has 0 aromatic carbocycles. The van der Waals surface area contributed by atoms with Gasteiger partial charge in [0.1, 0.15) is 0 Å². The molecule has 0 spiro atoms. The number of carbonyl (C=O) groups is 4. The van der Waals surface area contributed by atoms with Crippen LogP contribution >= 0.6 is 0 Å². The minimum Gasteiger partial charge on any atom is -0.478 e. The highest BCUT2D eigenvalue weighted by Crippen LogP contribution is 2.07. The summed E-state index contributed by atoms with van der Waals surface area (Å²) in [4.78, 5) is 41.1. The molecule has 0 saturated carbocycles. The molecule has 0 atom stereocenters. The van der Waals surface area contributed by atoms with Gasteiger partial charge in [0.05, 0.1) is 26.4 Å². The highest BCUT2D eigenvalue weighted by molar-refractivity contribution is 5.95. The molecule has 0 saturated heterocycles. The molecule has 11 heteroatoms. The van der Waals surface area contributed by atoms with Gasteiger partial charge in [-0.25, -0.2) is 19.2 Å². The summed E-state index contributed by atoms with van der Waals surface area (Å²) < 4.78 is 4.63. The van der Waals surface area contributed by atoms with Crippen molar-refractivity contribution in [1.29, 1.82) is 0 Å². The molecule has 0 aliphatic heterocycles. The number of carboxylic acids is 4. The summed E-state index contributed by atoms with van der Waals surface area (Å²) in [5, 5.41) is 49.8. The number of aliphatic carboxylic acids is 4. The fourth-order valence-electron chi connectivity index (χ4n) is 1.75. The summed E-state index contributed by atoms with van der Waals surface area (Å²) in [6, 6.07) is 0. The fourth-order valence-corrected chi connectivity index (χ4v) is 1.75. The minimum absolute atomic E-state index is 0.0278. The molecule has 0 rings (SSSR count).